The number of phenolic OH excluding ortho intramolecular Hbond substituents is 1. The monoisotopic (exact) mass is 312 g/mol. The first-order valence-corrected chi connectivity index (χ1v) is 6.92. The Bertz CT molecular complexity index is 1000. The lowest BCUT2D eigenvalue weighted by Gasteiger charge is -2.05. The van der Waals surface area contributed by atoms with Crippen LogP contribution in [-0.4, -0.2) is 26.2 Å². The highest BCUT2D eigenvalue weighted by Gasteiger charge is 2.06. The largest absolute Gasteiger partial charge is 0.507 e. The molecule has 0 aliphatic heterocycles. The van der Waals surface area contributed by atoms with Gasteiger partial charge in [-0.2, -0.15) is 14.9 Å². The molecule has 0 unspecified atom stereocenters. The summed E-state index contributed by atoms with van der Waals surface area (Å²) in [4.78, 5) is 12.0. The molecule has 0 aliphatic carbocycles. The molecule has 7 heteroatoms. The van der Waals surface area contributed by atoms with Crippen LogP contribution in [0.25, 0.3) is 10.8 Å². The van der Waals surface area contributed by atoms with Crippen LogP contribution in [0.1, 0.15) is 11.3 Å². The molecule has 0 spiro atoms. The van der Waals surface area contributed by atoms with Crippen molar-refractivity contribution in [1.29, 1.82) is 0 Å². The molecular formula is C15H12N4O2S. The van der Waals surface area contributed by atoms with Crippen molar-refractivity contribution in [1.82, 2.24) is 14.9 Å². The Morgan fingerprint density at radius 1 is 1.32 bits per heavy atom. The third-order valence-corrected chi connectivity index (χ3v) is 3.53. The molecule has 0 atom stereocenters. The van der Waals surface area contributed by atoms with Crippen molar-refractivity contribution in [3.63, 3.8) is 0 Å². The highest BCUT2D eigenvalue weighted by molar-refractivity contribution is 7.71. The van der Waals surface area contributed by atoms with E-state index in [2.05, 4.69) is 15.3 Å². The van der Waals surface area contributed by atoms with Crippen LogP contribution in [0.5, 0.6) is 5.75 Å². The molecule has 6 nitrogen and oxygen atoms in total. The molecule has 0 saturated carbocycles. The molecule has 2 N–H and O–H groups in total. The van der Waals surface area contributed by atoms with E-state index < -0.39 is 5.56 Å². The number of aromatic nitrogens is 3. The molecule has 1 aromatic heterocycles. The number of benzene rings is 2. The standard InChI is InChI=1S/C15H12N4O2S/c1-9-14(21)19(15(22)18-17-9)16-8-12-11-5-3-2-4-10(11)6-7-13(12)20/h2-8,20H,1H3,(H,18,22)/b16-8-. The number of hydrogen-bond acceptors (Lipinski definition) is 5. The Morgan fingerprint density at radius 3 is 2.91 bits per heavy atom. The van der Waals surface area contributed by atoms with E-state index in [-0.39, 0.29) is 16.2 Å². The smallest absolute Gasteiger partial charge is 0.296 e. The minimum absolute atomic E-state index is 0.0798. The first kappa shape index (κ1) is 14.2. The van der Waals surface area contributed by atoms with Gasteiger partial charge in [-0.25, -0.2) is 0 Å². The van der Waals surface area contributed by atoms with E-state index in [0.29, 0.717) is 5.56 Å². The van der Waals surface area contributed by atoms with Crippen LogP contribution in [-0.2, 0) is 0 Å². The Balaban J connectivity index is 2.19. The zero-order valence-electron chi connectivity index (χ0n) is 11.6. The Kier molecular flexibility index (Phi) is 3.56. The molecule has 0 radical (unpaired) electrons. The molecule has 0 bridgehead atoms. The fourth-order valence-electron chi connectivity index (χ4n) is 2.11. The minimum Gasteiger partial charge on any atom is -0.507 e. The van der Waals surface area contributed by atoms with Crippen LogP contribution in [0.2, 0.25) is 0 Å². The summed E-state index contributed by atoms with van der Waals surface area (Å²) in [5.74, 6) is 0.0798. The lowest BCUT2D eigenvalue weighted by molar-refractivity contribution is 0.475. The number of fused-ring (bicyclic) bond motifs is 1. The summed E-state index contributed by atoms with van der Waals surface area (Å²) in [7, 11) is 0. The van der Waals surface area contributed by atoms with Gasteiger partial charge in [-0.15, -0.1) is 0 Å². The Hall–Kier alpha value is -2.80. The number of nitrogens with zero attached hydrogens (tertiary/aromatic N) is 3. The second-order valence-electron chi connectivity index (χ2n) is 4.70. The predicted octanol–water partition coefficient (Wildman–Crippen LogP) is 2.35. The molecule has 0 aliphatic rings. The summed E-state index contributed by atoms with van der Waals surface area (Å²) in [6.45, 7) is 1.56. The topological polar surface area (TPSA) is 83.3 Å². The van der Waals surface area contributed by atoms with Crippen LogP contribution < -0.4 is 5.56 Å². The van der Waals surface area contributed by atoms with Gasteiger partial charge < -0.3 is 5.11 Å². The molecule has 0 saturated heterocycles. The maximum Gasteiger partial charge on any atom is 0.296 e. The van der Waals surface area contributed by atoms with Gasteiger partial charge in [0.25, 0.3) is 5.56 Å². The normalized spacial score (nSPS) is 11.3. The number of phenols is 1. The molecule has 110 valence electrons. The van der Waals surface area contributed by atoms with E-state index in [0.717, 1.165) is 15.4 Å². The highest BCUT2D eigenvalue weighted by Crippen LogP contribution is 2.25. The minimum atomic E-state index is -0.403. The van der Waals surface area contributed by atoms with Crippen molar-refractivity contribution in [2.24, 2.45) is 5.10 Å². The second-order valence-corrected chi connectivity index (χ2v) is 5.08. The summed E-state index contributed by atoms with van der Waals surface area (Å²) in [5.41, 5.74) is 0.376. The van der Waals surface area contributed by atoms with Crippen molar-refractivity contribution in [3.8, 4) is 5.75 Å². The summed E-state index contributed by atoms with van der Waals surface area (Å²) >= 11 is 5.01. The zero-order valence-corrected chi connectivity index (χ0v) is 12.5. The number of nitrogens with one attached hydrogen (secondary N) is 1. The summed E-state index contributed by atoms with van der Waals surface area (Å²) in [6, 6.07) is 11.0. The van der Waals surface area contributed by atoms with Gasteiger partial charge in [-0.3, -0.25) is 9.89 Å². The molecule has 3 aromatic rings. The van der Waals surface area contributed by atoms with Gasteiger partial charge in [-0.05, 0) is 36.0 Å². The van der Waals surface area contributed by atoms with Crippen LogP contribution in [0.15, 0.2) is 46.3 Å². The third kappa shape index (κ3) is 2.42. The van der Waals surface area contributed by atoms with E-state index in [1.807, 2.05) is 30.3 Å². The summed E-state index contributed by atoms with van der Waals surface area (Å²) in [5, 5.41) is 22.3. The maximum absolute atomic E-state index is 12.0. The van der Waals surface area contributed by atoms with Gasteiger partial charge in [0.15, 0.2) is 0 Å². The third-order valence-electron chi connectivity index (χ3n) is 3.26. The highest BCUT2D eigenvalue weighted by atomic mass is 32.1. The molecule has 3 rings (SSSR count). The average molecular weight is 312 g/mol. The fourth-order valence-corrected chi connectivity index (χ4v) is 2.29. The molecule has 1 heterocycles. The Labute approximate surface area is 130 Å². The van der Waals surface area contributed by atoms with Crippen LogP contribution >= 0.6 is 12.2 Å². The second kappa shape index (κ2) is 5.53. The first-order chi connectivity index (χ1) is 10.6. The van der Waals surface area contributed by atoms with Gasteiger partial charge in [0.2, 0.25) is 4.77 Å². The van der Waals surface area contributed by atoms with E-state index in [4.69, 9.17) is 12.2 Å². The number of aryl methyl sites for hydroxylation is 1. The first-order valence-electron chi connectivity index (χ1n) is 6.51. The summed E-state index contributed by atoms with van der Waals surface area (Å²) in [6.07, 6.45) is 1.42. The number of aromatic amines is 1. The summed E-state index contributed by atoms with van der Waals surface area (Å²) < 4.78 is 1.13. The fraction of sp³-hybridized carbons (Fsp3) is 0.0667. The molecule has 0 fully saturated rings. The van der Waals surface area contributed by atoms with Crippen molar-refractivity contribution in [2.45, 2.75) is 6.92 Å². The number of hydrogen-bond donors (Lipinski definition) is 2. The van der Waals surface area contributed by atoms with E-state index in [1.165, 1.54) is 6.21 Å². The van der Waals surface area contributed by atoms with Crippen molar-refractivity contribution in [2.75, 3.05) is 0 Å². The van der Waals surface area contributed by atoms with Gasteiger partial charge in [-0.1, -0.05) is 30.3 Å². The van der Waals surface area contributed by atoms with Crippen LogP contribution in [0.4, 0.5) is 0 Å². The lowest BCUT2D eigenvalue weighted by atomic mass is 10.0. The van der Waals surface area contributed by atoms with E-state index in [1.54, 1.807) is 13.0 Å². The quantitative estimate of drug-likeness (QED) is 0.562. The SMILES string of the molecule is Cc1n[nH]c(=S)n(/N=C\c2c(O)ccc3ccccc23)c1=O. The van der Waals surface area contributed by atoms with Crippen molar-refractivity contribution < 1.29 is 5.11 Å². The number of H-pyrrole nitrogens is 1. The van der Waals surface area contributed by atoms with Gasteiger partial charge in [0.05, 0.1) is 6.21 Å². The number of rotatable bonds is 2. The predicted molar refractivity (Wildman–Crippen MR) is 87.0 cm³/mol. The average Bonchev–Trinajstić information content (AvgIpc) is 2.53. The van der Waals surface area contributed by atoms with Crippen LogP contribution in [0.3, 0.4) is 0 Å². The van der Waals surface area contributed by atoms with E-state index in [9.17, 15) is 9.90 Å². The van der Waals surface area contributed by atoms with E-state index >= 15 is 0 Å². The maximum atomic E-state index is 12.0. The van der Waals surface area contributed by atoms with Crippen molar-refractivity contribution in [3.05, 3.63) is 62.8 Å². The molecule has 2 aromatic carbocycles. The Morgan fingerprint density at radius 2 is 2.09 bits per heavy atom. The van der Waals surface area contributed by atoms with Crippen molar-refractivity contribution >= 4 is 29.2 Å². The molecule has 22 heavy (non-hydrogen) atoms. The molecule has 0 amide bonds. The van der Waals surface area contributed by atoms with Crippen LogP contribution in [0, 0.1) is 11.7 Å². The lowest BCUT2D eigenvalue weighted by Crippen LogP contribution is -2.22. The van der Waals surface area contributed by atoms with Gasteiger partial charge in [0.1, 0.15) is 11.4 Å². The molecular weight excluding hydrogens is 300 g/mol. The van der Waals surface area contributed by atoms with Gasteiger partial charge in [0, 0.05) is 5.56 Å². The van der Waals surface area contributed by atoms with Gasteiger partial charge >= 0.3 is 0 Å². The number of aromatic hydroxyl groups is 1. The zero-order chi connectivity index (χ0) is 15.7.